The number of carbonyl (C=O) groups is 1. The van der Waals surface area contributed by atoms with Crippen molar-refractivity contribution in [1.29, 1.82) is 0 Å². The van der Waals surface area contributed by atoms with Gasteiger partial charge in [-0.25, -0.2) is 12.7 Å². The van der Waals surface area contributed by atoms with E-state index < -0.39 is 22.2 Å². The van der Waals surface area contributed by atoms with Crippen molar-refractivity contribution in [3.8, 4) is 0 Å². The fraction of sp³-hybridized carbons (Fsp3) is 0.500. The van der Waals surface area contributed by atoms with Crippen LogP contribution >= 0.6 is 11.3 Å². The quantitative estimate of drug-likeness (QED) is 0.833. The highest BCUT2D eigenvalue weighted by Gasteiger charge is 2.41. The van der Waals surface area contributed by atoms with Crippen molar-refractivity contribution >= 4 is 27.3 Å². The van der Waals surface area contributed by atoms with Gasteiger partial charge in [0.25, 0.3) is 10.0 Å². The lowest BCUT2D eigenvalue weighted by molar-refractivity contribution is -0.128. The zero-order valence-corrected chi connectivity index (χ0v) is 11.0. The van der Waals surface area contributed by atoms with Gasteiger partial charge < -0.3 is 4.74 Å². The molecule has 0 aromatic carbocycles. The van der Waals surface area contributed by atoms with Crippen LogP contribution in [0.1, 0.15) is 19.8 Å². The van der Waals surface area contributed by atoms with E-state index in [1.165, 1.54) is 6.07 Å². The maximum atomic E-state index is 12.2. The van der Waals surface area contributed by atoms with Crippen LogP contribution in [0.2, 0.25) is 0 Å². The van der Waals surface area contributed by atoms with Gasteiger partial charge >= 0.3 is 0 Å². The Labute approximate surface area is 104 Å². The van der Waals surface area contributed by atoms with Crippen molar-refractivity contribution in [3.05, 3.63) is 17.5 Å². The van der Waals surface area contributed by atoms with E-state index in [0.29, 0.717) is 13.0 Å². The van der Waals surface area contributed by atoms with Gasteiger partial charge in [0.05, 0.1) is 0 Å². The molecule has 0 N–H and O–H groups in total. The first-order valence-electron chi connectivity index (χ1n) is 5.29. The average molecular weight is 275 g/mol. The molecule has 5 nitrogen and oxygen atoms in total. The molecule has 2 rings (SSSR count). The lowest BCUT2D eigenvalue weighted by atomic mass is 10.3. The predicted molar refractivity (Wildman–Crippen MR) is 63.0 cm³/mol. The molecule has 1 unspecified atom stereocenters. The molecule has 0 radical (unpaired) electrons. The first-order chi connectivity index (χ1) is 8.07. The summed E-state index contributed by atoms with van der Waals surface area (Å²) < 4.78 is 30.8. The van der Waals surface area contributed by atoms with Crippen LogP contribution in [0, 0.1) is 0 Å². The second-order valence-corrected chi connectivity index (χ2v) is 6.56. The van der Waals surface area contributed by atoms with E-state index in [1.807, 2.05) is 0 Å². The van der Waals surface area contributed by atoms with E-state index >= 15 is 0 Å². The molecule has 94 valence electrons. The van der Waals surface area contributed by atoms with Crippen molar-refractivity contribution in [1.82, 2.24) is 4.31 Å². The van der Waals surface area contributed by atoms with Gasteiger partial charge in [0.1, 0.15) is 10.4 Å². The Hall–Kier alpha value is -0.920. The summed E-state index contributed by atoms with van der Waals surface area (Å²) in [6.07, 6.45) is -0.00776. The normalized spacial score (nSPS) is 21.1. The second kappa shape index (κ2) is 4.75. The average Bonchev–Trinajstić information content (AvgIpc) is 2.88. The minimum atomic E-state index is -3.74. The molecule has 1 amide bonds. The summed E-state index contributed by atoms with van der Waals surface area (Å²) in [7, 11) is -3.74. The highest BCUT2D eigenvalue weighted by molar-refractivity contribution is 7.91. The smallest absolute Gasteiger partial charge is 0.278 e. The molecule has 1 aromatic heterocycles. The van der Waals surface area contributed by atoms with Gasteiger partial charge in [-0.3, -0.25) is 4.79 Å². The highest BCUT2D eigenvalue weighted by atomic mass is 32.2. The summed E-state index contributed by atoms with van der Waals surface area (Å²) in [5.41, 5.74) is 0. The molecule has 1 aromatic rings. The minimum Gasteiger partial charge on any atom is -0.357 e. The first-order valence-corrected chi connectivity index (χ1v) is 7.61. The van der Waals surface area contributed by atoms with Gasteiger partial charge in [0.2, 0.25) is 5.91 Å². The molecule has 0 aliphatic carbocycles. The zero-order chi connectivity index (χ0) is 12.5. The number of thiophene rings is 1. The third kappa shape index (κ3) is 2.22. The molecule has 1 aliphatic rings. The molecule has 17 heavy (non-hydrogen) atoms. The van der Waals surface area contributed by atoms with Gasteiger partial charge in [-0.1, -0.05) is 6.07 Å². The van der Waals surface area contributed by atoms with Crippen LogP contribution in [-0.4, -0.2) is 31.5 Å². The lowest BCUT2D eigenvalue weighted by Gasteiger charge is -2.23. The topological polar surface area (TPSA) is 63.7 Å². The Morgan fingerprint density at radius 2 is 2.35 bits per heavy atom. The van der Waals surface area contributed by atoms with Crippen LogP contribution in [0.5, 0.6) is 0 Å². The van der Waals surface area contributed by atoms with Gasteiger partial charge in [-0.2, -0.15) is 0 Å². The Bertz CT molecular complexity index is 494. The Balaban J connectivity index is 2.34. The molecule has 1 aliphatic heterocycles. The fourth-order valence-electron chi connectivity index (χ4n) is 1.77. The Morgan fingerprint density at radius 1 is 1.59 bits per heavy atom. The molecular formula is C10H13NO4S2. The molecular weight excluding hydrogens is 262 g/mol. The van der Waals surface area contributed by atoms with Crippen LogP contribution < -0.4 is 0 Å². The lowest BCUT2D eigenvalue weighted by Crippen LogP contribution is -2.39. The van der Waals surface area contributed by atoms with Crippen LogP contribution in [0.15, 0.2) is 21.7 Å². The Kier molecular flexibility index (Phi) is 3.50. The van der Waals surface area contributed by atoms with Crippen LogP contribution in [0.25, 0.3) is 0 Å². The number of sulfonamides is 1. The standard InChI is InChI=1S/C10H13NO4S2/c1-2-15-9-6-5-8(12)11(9)17(13,14)10-4-3-7-16-10/h3-4,7,9H,2,5-6H2,1H3. The fourth-order valence-corrected chi connectivity index (χ4v) is 4.40. The molecule has 0 saturated carbocycles. The van der Waals surface area contributed by atoms with Crippen LogP contribution in [0.4, 0.5) is 0 Å². The monoisotopic (exact) mass is 275 g/mol. The maximum absolute atomic E-state index is 12.2. The van der Waals surface area contributed by atoms with Crippen molar-refractivity contribution < 1.29 is 17.9 Å². The summed E-state index contributed by atoms with van der Waals surface area (Å²) in [5, 5.41) is 1.67. The number of ether oxygens (including phenoxy) is 1. The third-order valence-corrected chi connectivity index (χ3v) is 5.66. The number of amides is 1. The van der Waals surface area contributed by atoms with Crippen LogP contribution in [-0.2, 0) is 19.6 Å². The van der Waals surface area contributed by atoms with Gasteiger partial charge in [0.15, 0.2) is 0 Å². The summed E-state index contributed by atoms with van der Waals surface area (Å²) in [6.45, 7) is 2.16. The number of hydrogen-bond donors (Lipinski definition) is 0. The molecule has 1 atom stereocenters. The molecule has 1 fully saturated rings. The highest BCUT2D eigenvalue weighted by Crippen LogP contribution is 2.29. The second-order valence-electron chi connectivity index (χ2n) is 3.58. The van der Waals surface area contributed by atoms with E-state index in [4.69, 9.17) is 4.74 Å². The van der Waals surface area contributed by atoms with Gasteiger partial charge in [0, 0.05) is 19.4 Å². The van der Waals surface area contributed by atoms with E-state index in [0.717, 1.165) is 15.6 Å². The van der Waals surface area contributed by atoms with E-state index in [2.05, 4.69) is 0 Å². The predicted octanol–water partition coefficient (Wildman–Crippen LogP) is 1.42. The van der Waals surface area contributed by atoms with Crippen molar-refractivity contribution in [2.24, 2.45) is 0 Å². The van der Waals surface area contributed by atoms with Crippen molar-refractivity contribution in [2.75, 3.05) is 6.61 Å². The third-order valence-electron chi connectivity index (χ3n) is 2.48. The van der Waals surface area contributed by atoms with Gasteiger partial charge in [-0.15, -0.1) is 11.3 Å². The molecule has 1 saturated heterocycles. The minimum absolute atomic E-state index is 0.178. The SMILES string of the molecule is CCOC1CCC(=O)N1S(=O)(=O)c1cccs1. The number of carbonyl (C=O) groups excluding carboxylic acids is 1. The number of rotatable bonds is 4. The summed E-state index contributed by atoms with van der Waals surface area (Å²) in [6, 6.07) is 3.14. The molecule has 0 spiro atoms. The number of hydrogen-bond acceptors (Lipinski definition) is 5. The van der Waals surface area contributed by atoms with E-state index in [9.17, 15) is 13.2 Å². The largest absolute Gasteiger partial charge is 0.357 e. The van der Waals surface area contributed by atoms with E-state index in [1.54, 1.807) is 18.4 Å². The summed E-state index contributed by atoms with van der Waals surface area (Å²) in [4.78, 5) is 11.7. The molecule has 2 heterocycles. The van der Waals surface area contributed by atoms with Crippen molar-refractivity contribution in [2.45, 2.75) is 30.2 Å². The molecule has 0 bridgehead atoms. The Morgan fingerprint density at radius 3 is 2.94 bits per heavy atom. The zero-order valence-electron chi connectivity index (χ0n) is 9.33. The van der Waals surface area contributed by atoms with E-state index in [-0.39, 0.29) is 10.6 Å². The van der Waals surface area contributed by atoms with Crippen molar-refractivity contribution in [3.63, 3.8) is 0 Å². The number of nitrogens with zero attached hydrogens (tertiary/aromatic N) is 1. The summed E-state index contributed by atoms with van der Waals surface area (Å²) in [5.74, 6) is -0.392. The maximum Gasteiger partial charge on any atom is 0.278 e. The van der Waals surface area contributed by atoms with Gasteiger partial charge in [-0.05, 0) is 18.4 Å². The summed E-state index contributed by atoms with van der Waals surface area (Å²) >= 11 is 1.10. The van der Waals surface area contributed by atoms with Crippen LogP contribution in [0.3, 0.4) is 0 Å². The molecule has 7 heteroatoms. The first kappa shape index (κ1) is 12.5.